The van der Waals surface area contributed by atoms with Gasteiger partial charge in [0.05, 0.1) is 11.1 Å². The molecule has 0 saturated heterocycles. The first kappa shape index (κ1) is 14.0. The van der Waals surface area contributed by atoms with Crippen LogP contribution in [0, 0.1) is 0 Å². The molecule has 1 aromatic carbocycles. The van der Waals surface area contributed by atoms with Crippen molar-refractivity contribution < 1.29 is 5.11 Å². The van der Waals surface area contributed by atoms with Crippen LogP contribution in [0.25, 0.3) is 0 Å². The van der Waals surface area contributed by atoms with Crippen LogP contribution in [0.2, 0.25) is 5.02 Å². The largest absolute Gasteiger partial charge is 0.393 e. The van der Waals surface area contributed by atoms with Gasteiger partial charge in [0.2, 0.25) is 0 Å². The number of halogens is 1. The van der Waals surface area contributed by atoms with Gasteiger partial charge in [0, 0.05) is 12.4 Å². The number of aromatic nitrogens is 1. The van der Waals surface area contributed by atoms with Crippen LogP contribution in [-0.2, 0) is 6.42 Å². The van der Waals surface area contributed by atoms with E-state index in [1.807, 2.05) is 24.3 Å². The molecule has 100 valence electrons. The number of pyridine rings is 1. The highest BCUT2D eigenvalue weighted by Gasteiger charge is 2.13. The van der Waals surface area contributed by atoms with Crippen LogP contribution in [0.5, 0.6) is 0 Å². The lowest BCUT2D eigenvalue weighted by Crippen LogP contribution is -2.14. The molecule has 1 heterocycles. The van der Waals surface area contributed by atoms with Gasteiger partial charge in [-0.1, -0.05) is 48.9 Å². The quantitative estimate of drug-likeness (QED) is 0.900. The first-order valence-corrected chi connectivity index (χ1v) is 6.86. The molecular formula is C16H18ClNO. The van der Waals surface area contributed by atoms with Gasteiger partial charge in [-0.3, -0.25) is 4.98 Å². The summed E-state index contributed by atoms with van der Waals surface area (Å²) in [6.45, 7) is 2.13. The number of hydrogen-bond acceptors (Lipinski definition) is 2. The van der Waals surface area contributed by atoms with E-state index in [9.17, 15) is 5.11 Å². The minimum absolute atomic E-state index is 0.330. The van der Waals surface area contributed by atoms with Gasteiger partial charge in [0.25, 0.3) is 0 Å². The molecule has 3 heteroatoms. The Morgan fingerprint density at radius 3 is 2.63 bits per heavy atom. The summed E-state index contributed by atoms with van der Waals surface area (Å²) in [5, 5.41) is 10.8. The van der Waals surface area contributed by atoms with Crippen molar-refractivity contribution in [3.05, 3.63) is 64.9 Å². The number of aliphatic hydroxyl groups excluding tert-OH is 1. The van der Waals surface area contributed by atoms with Crippen LogP contribution in [0.3, 0.4) is 0 Å². The van der Waals surface area contributed by atoms with E-state index < -0.39 is 6.10 Å². The second kappa shape index (κ2) is 6.69. The maximum Gasteiger partial charge on any atom is 0.0622 e. The lowest BCUT2D eigenvalue weighted by atomic mass is 9.93. The summed E-state index contributed by atoms with van der Waals surface area (Å²) in [5.74, 6) is 0.330. The van der Waals surface area contributed by atoms with E-state index in [0.717, 1.165) is 12.0 Å². The fourth-order valence-corrected chi connectivity index (χ4v) is 2.43. The third-order valence-electron chi connectivity index (χ3n) is 3.31. The van der Waals surface area contributed by atoms with E-state index in [1.165, 1.54) is 5.56 Å². The van der Waals surface area contributed by atoms with Crippen LogP contribution < -0.4 is 0 Å². The number of hydrogen-bond donors (Lipinski definition) is 1. The van der Waals surface area contributed by atoms with Crippen molar-refractivity contribution >= 4 is 11.6 Å². The van der Waals surface area contributed by atoms with Crippen molar-refractivity contribution in [1.29, 1.82) is 0 Å². The second-order valence-corrected chi connectivity index (χ2v) is 5.28. The van der Waals surface area contributed by atoms with Crippen LogP contribution in [-0.4, -0.2) is 16.2 Å². The molecule has 0 saturated carbocycles. The maximum absolute atomic E-state index is 10.2. The van der Waals surface area contributed by atoms with Crippen LogP contribution in [0.4, 0.5) is 0 Å². The smallest absolute Gasteiger partial charge is 0.0622 e. The van der Waals surface area contributed by atoms with Gasteiger partial charge in [0.15, 0.2) is 0 Å². The fourth-order valence-electron chi connectivity index (χ4n) is 2.23. The van der Waals surface area contributed by atoms with E-state index in [2.05, 4.69) is 24.0 Å². The molecule has 0 bridgehead atoms. The normalized spacial score (nSPS) is 14.1. The summed E-state index contributed by atoms with van der Waals surface area (Å²) < 4.78 is 0. The van der Waals surface area contributed by atoms with Gasteiger partial charge >= 0.3 is 0 Å². The number of aliphatic hydroxyl groups is 1. The Labute approximate surface area is 119 Å². The first-order valence-electron chi connectivity index (χ1n) is 6.48. The van der Waals surface area contributed by atoms with Gasteiger partial charge in [-0.15, -0.1) is 0 Å². The molecule has 0 spiro atoms. The zero-order valence-electron chi connectivity index (χ0n) is 11.0. The lowest BCUT2D eigenvalue weighted by Gasteiger charge is -2.17. The summed E-state index contributed by atoms with van der Waals surface area (Å²) in [5.41, 5.74) is 2.20. The molecule has 0 radical (unpaired) electrons. The van der Waals surface area contributed by atoms with Gasteiger partial charge in [0.1, 0.15) is 0 Å². The Bertz CT molecular complexity index is 515. The lowest BCUT2D eigenvalue weighted by molar-refractivity contribution is 0.157. The maximum atomic E-state index is 10.2. The molecule has 2 unspecified atom stereocenters. The standard InChI is InChI=1S/C16H18ClNO/c1-12(13-5-3-2-4-6-13)9-15(19)10-14-7-8-18-11-16(14)17/h2-8,11-12,15,19H,9-10H2,1H3. The molecule has 2 nitrogen and oxygen atoms in total. The molecule has 0 aliphatic heterocycles. The topological polar surface area (TPSA) is 33.1 Å². The fraction of sp³-hybridized carbons (Fsp3) is 0.312. The number of benzene rings is 1. The second-order valence-electron chi connectivity index (χ2n) is 4.87. The highest BCUT2D eigenvalue weighted by Crippen LogP contribution is 2.23. The Morgan fingerprint density at radius 2 is 1.95 bits per heavy atom. The molecule has 1 aromatic heterocycles. The highest BCUT2D eigenvalue weighted by molar-refractivity contribution is 6.31. The summed E-state index contributed by atoms with van der Waals surface area (Å²) in [6, 6.07) is 12.1. The Hall–Kier alpha value is -1.38. The minimum atomic E-state index is -0.393. The van der Waals surface area contributed by atoms with Crippen molar-refractivity contribution in [1.82, 2.24) is 4.98 Å². The SMILES string of the molecule is CC(CC(O)Cc1ccncc1Cl)c1ccccc1. The zero-order valence-corrected chi connectivity index (χ0v) is 11.7. The van der Waals surface area contributed by atoms with Crippen molar-refractivity contribution in [2.24, 2.45) is 0 Å². The molecule has 0 amide bonds. The van der Waals surface area contributed by atoms with E-state index >= 15 is 0 Å². The van der Waals surface area contributed by atoms with Crippen LogP contribution >= 0.6 is 11.6 Å². The Balaban J connectivity index is 1.95. The molecule has 2 rings (SSSR count). The van der Waals surface area contributed by atoms with Crippen molar-refractivity contribution in [2.75, 3.05) is 0 Å². The van der Waals surface area contributed by atoms with E-state index in [4.69, 9.17) is 11.6 Å². The Kier molecular flexibility index (Phi) is 4.94. The van der Waals surface area contributed by atoms with E-state index in [-0.39, 0.29) is 0 Å². The van der Waals surface area contributed by atoms with Gasteiger partial charge in [-0.25, -0.2) is 0 Å². The number of nitrogens with zero attached hydrogens (tertiary/aromatic N) is 1. The summed E-state index contributed by atoms with van der Waals surface area (Å²) in [6.07, 6.45) is 4.22. The average molecular weight is 276 g/mol. The third kappa shape index (κ3) is 4.05. The van der Waals surface area contributed by atoms with Gasteiger partial charge in [-0.05, 0) is 36.0 Å². The van der Waals surface area contributed by atoms with E-state index in [1.54, 1.807) is 12.4 Å². The molecule has 2 atom stereocenters. The first-order chi connectivity index (χ1) is 9.16. The Morgan fingerprint density at radius 1 is 1.21 bits per heavy atom. The van der Waals surface area contributed by atoms with Crippen LogP contribution in [0.15, 0.2) is 48.8 Å². The average Bonchev–Trinajstić information content (AvgIpc) is 2.42. The highest BCUT2D eigenvalue weighted by atomic mass is 35.5. The van der Waals surface area contributed by atoms with Crippen molar-refractivity contribution in [3.63, 3.8) is 0 Å². The predicted octanol–water partition coefficient (Wildman–Crippen LogP) is 3.83. The van der Waals surface area contributed by atoms with Crippen molar-refractivity contribution in [3.8, 4) is 0 Å². The van der Waals surface area contributed by atoms with Crippen molar-refractivity contribution in [2.45, 2.75) is 31.8 Å². The molecule has 0 aliphatic rings. The number of rotatable bonds is 5. The summed E-state index contributed by atoms with van der Waals surface area (Å²) in [7, 11) is 0. The monoisotopic (exact) mass is 275 g/mol. The molecule has 0 fully saturated rings. The molecule has 1 N–H and O–H groups in total. The van der Waals surface area contributed by atoms with Gasteiger partial charge < -0.3 is 5.11 Å². The van der Waals surface area contributed by atoms with Gasteiger partial charge in [-0.2, -0.15) is 0 Å². The zero-order chi connectivity index (χ0) is 13.7. The summed E-state index contributed by atoms with van der Waals surface area (Å²) >= 11 is 6.05. The van der Waals surface area contributed by atoms with Crippen LogP contribution in [0.1, 0.15) is 30.4 Å². The molecule has 0 aliphatic carbocycles. The molecule has 19 heavy (non-hydrogen) atoms. The summed E-state index contributed by atoms with van der Waals surface area (Å²) in [4.78, 5) is 3.95. The predicted molar refractivity (Wildman–Crippen MR) is 78.4 cm³/mol. The van der Waals surface area contributed by atoms with E-state index in [0.29, 0.717) is 17.4 Å². The minimum Gasteiger partial charge on any atom is -0.393 e. The molecular weight excluding hydrogens is 258 g/mol. The third-order valence-corrected chi connectivity index (χ3v) is 3.65. The molecule has 2 aromatic rings.